The lowest BCUT2D eigenvalue weighted by Crippen LogP contribution is -2.50. The first-order valence-corrected chi connectivity index (χ1v) is 13.9. The molecule has 4 heterocycles. The fourth-order valence-electron chi connectivity index (χ4n) is 4.09. The average molecular weight is 569 g/mol. The topological polar surface area (TPSA) is 95.7 Å². The molecule has 1 aromatic heterocycles. The Hall–Kier alpha value is -3.35. The summed E-state index contributed by atoms with van der Waals surface area (Å²) in [6, 6.07) is 11.0. The third-order valence-electron chi connectivity index (χ3n) is 6.17. The van der Waals surface area contributed by atoms with Crippen molar-refractivity contribution in [2.75, 3.05) is 39.8 Å². The Kier molecular flexibility index (Phi) is 8.01. The first-order chi connectivity index (χ1) is 18.4. The number of amides is 3. The normalized spacial score (nSPS) is 20.2. The van der Waals surface area contributed by atoms with E-state index in [-0.39, 0.29) is 30.7 Å². The predicted octanol–water partition coefficient (Wildman–Crippen LogP) is 3.69. The lowest BCUT2D eigenvalue weighted by atomic mass is 10.2. The molecule has 3 amide bonds. The molecule has 0 saturated carbocycles. The van der Waals surface area contributed by atoms with Crippen molar-refractivity contribution in [3.8, 4) is 5.75 Å². The van der Waals surface area contributed by atoms with Gasteiger partial charge < -0.3 is 19.0 Å². The summed E-state index contributed by atoms with van der Waals surface area (Å²) in [5, 5.41) is 0.655. The number of piperazine rings is 1. The van der Waals surface area contributed by atoms with E-state index >= 15 is 0 Å². The van der Waals surface area contributed by atoms with Gasteiger partial charge in [-0.3, -0.25) is 19.3 Å². The summed E-state index contributed by atoms with van der Waals surface area (Å²) < 4.78 is 10.9. The molecular formula is C26H24N4O5S3. The Morgan fingerprint density at radius 3 is 2.53 bits per heavy atom. The summed E-state index contributed by atoms with van der Waals surface area (Å²) in [5.74, 6) is 0.819. The van der Waals surface area contributed by atoms with E-state index in [1.165, 1.54) is 28.4 Å². The number of benzene rings is 1. The number of methoxy groups -OCH3 is 1. The van der Waals surface area contributed by atoms with Gasteiger partial charge in [-0.1, -0.05) is 36.1 Å². The summed E-state index contributed by atoms with van der Waals surface area (Å²) in [7, 11) is 1.61. The molecule has 38 heavy (non-hydrogen) atoms. The highest BCUT2D eigenvalue weighted by Gasteiger charge is 2.34. The standard InChI is InChI=1S/C26H24N4O5S3/c1-34-18-6-4-17(5-7-18)15-20-23(32)27-25(37-20)29-12-10-28(11-13-29)22(31)8-9-30-24(33)21(38-26(30)36)16-19-3-2-14-35-19/h2-7,14-16H,8-13H2,1H3. The highest BCUT2D eigenvalue weighted by Crippen LogP contribution is 2.33. The van der Waals surface area contributed by atoms with Crippen molar-refractivity contribution in [3.63, 3.8) is 0 Å². The van der Waals surface area contributed by atoms with Crippen molar-refractivity contribution in [1.29, 1.82) is 0 Å². The molecule has 2 aromatic rings. The lowest BCUT2D eigenvalue weighted by Gasteiger charge is -2.35. The van der Waals surface area contributed by atoms with Gasteiger partial charge in [0.05, 0.1) is 23.2 Å². The molecule has 2 saturated heterocycles. The van der Waals surface area contributed by atoms with Gasteiger partial charge in [0.2, 0.25) is 5.91 Å². The van der Waals surface area contributed by atoms with Crippen LogP contribution in [0.15, 0.2) is 61.9 Å². The minimum atomic E-state index is -0.260. The van der Waals surface area contributed by atoms with Crippen LogP contribution in [0.4, 0.5) is 0 Å². The Morgan fingerprint density at radius 1 is 1.08 bits per heavy atom. The monoisotopic (exact) mass is 568 g/mol. The van der Waals surface area contributed by atoms with Gasteiger partial charge in [0.1, 0.15) is 15.8 Å². The minimum absolute atomic E-state index is 0.0362. The van der Waals surface area contributed by atoms with E-state index in [2.05, 4.69) is 4.99 Å². The molecule has 196 valence electrons. The van der Waals surface area contributed by atoms with Crippen LogP contribution in [0.5, 0.6) is 5.75 Å². The maximum atomic E-state index is 12.9. The highest BCUT2D eigenvalue weighted by atomic mass is 32.2. The molecular weight excluding hydrogens is 545 g/mol. The first kappa shape index (κ1) is 26.3. The largest absolute Gasteiger partial charge is 0.497 e. The van der Waals surface area contributed by atoms with E-state index in [9.17, 15) is 14.4 Å². The maximum Gasteiger partial charge on any atom is 0.286 e. The predicted molar refractivity (Wildman–Crippen MR) is 152 cm³/mol. The number of thioether (sulfide) groups is 2. The molecule has 0 aliphatic carbocycles. The van der Waals surface area contributed by atoms with Crippen molar-refractivity contribution >= 4 is 75.1 Å². The zero-order chi connectivity index (χ0) is 26.6. The second-order valence-electron chi connectivity index (χ2n) is 8.55. The van der Waals surface area contributed by atoms with Gasteiger partial charge in [-0.15, -0.1) is 0 Å². The number of aliphatic imine (C=N–C) groups is 1. The van der Waals surface area contributed by atoms with Gasteiger partial charge in [-0.2, -0.15) is 4.99 Å². The summed E-state index contributed by atoms with van der Waals surface area (Å²) in [4.78, 5) is 48.6. The molecule has 2 fully saturated rings. The number of carbonyl (C=O) groups is 3. The van der Waals surface area contributed by atoms with Crippen molar-refractivity contribution in [2.45, 2.75) is 6.42 Å². The number of thiocarbonyl (C=S) groups is 1. The Balaban J connectivity index is 1.10. The average Bonchev–Trinajstić information content (AvgIpc) is 3.64. The van der Waals surface area contributed by atoms with Crippen LogP contribution in [0, 0.1) is 0 Å². The van der Waals surface area contributed by atoms with Crippen LogP contribution in [0.2, 0.25) is 0 Å². The van der Waals surface area contributed by atoms with E-state index in [0.717, 1.165) is 11.3 Å². The third-order valence-corrected chi connectivity index (χ3v) is 8.59. The highest BCUT2D eigenvalue weighted by molar-refractivity contribution is 8.26. The van der Waals surface area contributed by atoms with Crippen LogP contribution in [-0.4, -0.2) is 81.7 Å². The number of rotatable bonds is 6. The SMILES string of the molecule is COc1ccc(C=C2SC(N3CCN(C(=O)CCN4C(=O)C(=Cc5ccco5)SC4=S)CC3)=NC2=O)cc1. The molecule has 5 rings (SSSR count). The first-order valence-electron chi connectivity index (χ1n) is 11.9. The number of hydrogen-bond donors (Lipinski definition) is 0. The lowest BCUT2D eigenvalue weighted by molar-refractivity contribution is -0.133. The summed E-state index contributed by atoms with van der Waals surface area (Å²) in [5.41, 5.74) is 0.895. The van der Waals surface area contributed by atoms with Crippen LogP contribution < -0.4 is 4.74 Å². The minimum Gasteiger partial charge on any atom is -0.497 e. The molecule has 0 spiro atoms. The number of nitrogens with zero attached hydrogens (tertiary/aromatic N) is 4. The molecule has 9 nitrogen and oxygen atoms in total. The van der Waals surface area contributed by atoms with Crippen molar-refractivity contribution in [3.05, 3.63) is 63.8 Å². The summed E-state index contributed by atoms with van der Waals surface area (Å²) >= 11 is 7.92. The van der Waals surface area contributed by atoms with Crippen LogP contribution in [0.25, 0.3) is 12.2 Å². The molecule has 12 heteroatoms. The molecule has 3 aliphatic rings. The van der Waals surface area contributed by atoms with Crippen molar-refractivity contribution in [2.24, 2.45) is 4.99 Å². The second-order valence-corrected chi connectivity index (χ2v) is 11.2. The number of ether oxygens (including phenoxy) is 1. The van der Waals surface area contributed by atoms with E-state index < -0.39 is 0 Å². The zero-order valence-corrected chi connectivity index (χ0v) is 22.9. The summed E-state index contributed by atoms with van der Waals surface area (Å²) in [6.45, 7) is 2.42. The van der Waals surface area contributed by atoms with Gasteiger partial charge in [0, 0.05) is 45.2 Å². The maximum absolute atomic E-state index is 12.9. The fourth-order valence-corrected chi connectivity index (χ4v) is 6.35. The molecule has 0 bridgehead atoms. The molecule has 0 radical (unpaired) electrons. The fraction of sp³-hybridized carbons (Fsp3) is 0.269. The molecule has 3 aliphatic heterocycles. The molecule has 1 aromatic carbocycles. The zero-order valence-electron chi connectivity index (χ0n) is 20.5. The van der Waals surface area contributed by atoms with Crippen LogP contribution in [0.3, 0.4) is 0 Å². The van der Waals surface area contributed by atoms with Crippen LogP contribution >= 0.6 is 35.7 Å². The van der Waals surface area contributed by atoms with E-state index in [0.29, 0.717) is 51.2 Å². The smallest absolute Gasteiger partial charge is 0.286 e. The van der Waals surface area contributed by atoms with E-state index in [1.54, 1.807) is 36.5 Å². The van der Waals surface area contributed by atoms with Crippen LogP contribution in [-0.2, 0) is 14.4 Å². The third kappa shape index (κ3) is 5.87. The van der Waals surface area contributed by atoms with Gasteiger partial charge in [-0.25, -0.2) is 0 Å². The van der Waals surface area contributed by atoms with Crippen molar-refractivity contribution in [1.82, 2.24) is 14.7 Å². The second kappa shape index (κ2) is 11.6. The van der Waals surface area contributed by atoms with E-state index in [1.807, 2.05) is 35.2 Å². The van der Waals surface area contributed by atoms with E-state index in [4.69, 9.17) is 21.4 Å². The van der Waals surface area contributed by atoms with Gasteiger partial charge in [-0.05, 0) is 47.7 Å². The molecule has 0 atom stereocenters. The Bertz CT molecular complexity index is 1340. The number of furan rings is 1. The summed E-state index contributed by atoms with van der Waals surface area (Å²) in [6.07, 6.45) is 5.20. The quantitative estimate of drug-likeness (QED) is 0.382. The van der Waals surface area contributed by atoms with Gasteiger partial charge in [0.15, 0.2) is 5.17 Å². The van der Waals surface area contributed by atoms with Gasteiger partial charge in [0.25, 0.3) is 11.8 Å². The van der Waals surface area contributed by atoms with Crippen LogP contribution in [0.1, 0.15) is 17.7 Å². The number of carbonyl (C=O) groups excluding carboxylic acids is 3. The van der Waals surface area contributed by atoms with Gasteiger partial charge >= 0.3 is 0 Å². The molecule has 0 N–H and O–H groups in total. The Morgan fingerprint density at radius 2 is 1.84 bits per heavy atom. The number of hydrogen-bond acceptors (Lipinski definition) is 9. The number of amidine groups is 1. The molecule has 0 unspecified atom stereocenters. The Labute approximate surface area is 233 Å². The van der Waals surface area contributed by atoms with Crippen molar-refractivity contribution < 1.29 is 23.5 Å².